The van der Waals surface area contributed by atoms with Crippen molar-refractivity contribution >= 4 is 0 Å². The maximum atomic E-state index is 13.3. The van der Waals surface area contributed by atoms with Crippen LogP contribution in [-0.4, -0.2) is 0 Å². The van der Waals surface area contributed by atoms with E-state index in [0.717, 1.165) is 24.0 Å². The van der Waals surface area contributed by atoms with Crippen molar-refractivity contribution in [2.45, 2.75) is 31.7 Å². The van der Waals surface area contributed by atoms with Gasteiger partial charge in [0.1, 0.15) is 5.82 Å². The first kappa shape index (κ1) is 13.8. The van der Waals surface area contributed by atoms with Gasteiger partial charge in [0.2, 0.25) is 0 Å². The Morgan fingerprint density at radius 3 is 2.42 bits per heavy atom. The molecule has 0 radical (unpaired) electrons. The van der Waals surface area contributed by atoms with Crippen LogP contribution in [0.15, 0.2) is 54.6 Å². The van der Waals surface area contributed by atoms with Gasteiger partial charge in [-0.25, -0.2) is 4.39 Å². The van der Waals surface area contributed by atoms with Crippen LogP contribution in [0.25, 0.3) is 0 Å². The van der Waals surface area contributed by atoms with Crippen molar-refractivity contribution in [2.75, 3.05) is 0 Å². The molecule has 0 amide bonds. The van der Waals surface area contributed by atoms with Crippen molar-refractivity contribution in [2.24, 2.45) is 5.73 Å². The van der Waals surface area contributed by atoms with E-state index in [0.29, 0.717) is 6.42 Å². The molecule has 0 spiro atoms. The number of nitrogens with two attached hydrogens (primary N) is 1. The zero-order valence-electron chi connectivity index (χ0n) is 11.3. The first-order chi connectivity index (χ1) is 9.14. The van der Waals surface area contributed by atoms with Crippen molar-refractivity contribution in [1.82, 2.24) is 0 Å². The molecule has 2 N–H and O–H groups in total. The highest BCUT2D eigenvalue weighted by atomic mass is 19.1. The number of hydrogen-bond acceptors (Lipinski definition) is 1. The Kier molecular flexibility index (Phi) is 4.33. The molecular formula is C17H20FN. The summed E-state index contributed by atoms with van der Waals surface area (Å²) < 4.78 is 13.3. The maximum absolute atomic E-state index is 13.3. The zero-order chi connectivity index (χ0) is 13.7. The molecule has 1 unspecified atom stereocenters. The molecule has 0 aliphatic heterocycles. The van der Waals surface area contributed by atoms with E-state index in [1.165, 1.54) is 6.07 Å². The summed E-state index contributed by atoms with van der Waals surface area (Å²) in [5, 5.41) is 0. The number of halogens is 1. The number of rotatable bonds is 5. The summed E-state index contributed by atoms with van der Waals surface area (Å²) in [4.78, 5) is 0. The summed E-state index contributed by atoms with van der Waals surface area (Å²) in [6.07, 6.45) is 2.54. The second-order valence-electron chi connectivity index (χ2n) is 5.08. The highest BCUT2D eigenvalue weighted by Crippen LogP contribution is 2.28. The lowest BCUT2D eigenvalue weighted by Crippen LogP contribution is -2.38. The summed E-state index contributed by atoms with van der Waals surface area (Å²) in [5.74, 6) is -0.204. The lowest BCUT2D eigenvalue weighted by molar-refractivity contribution is 0.400. The molecule has 2 aromatic rings. The minimum atomic E-state index is -0.427. The predicted octanol–water partition coefficient (Wildman–Crippen LogP) is 4.02. The van der Waals surface area contributed by atoms with Gasteiger partial charge in [0, 0.05) is 5.54 Å². The van der Waals surface area contributed by atoms with E-state index in [1.807, 2.05) is 24.3 Å². The smallest absolute Gasteiger partial charge is 0.123 e. The lowest BCUT2D eigenvalue weighted by Gasteiger charge is -2.30. The molecule has 0 heterocycles. The van der Waals surface area contributed by atoms with Gasteiger partial charge in [-0.15, -0.1) is 0 Å². The quantitative estimate of drug-likeness (QED) is 0.860. The third kappa shape index (κ3) is 3.42. The molecule has 0 saturated heterocycles. The van der Waals surface area contributed by atoms with Crippen LogP contribution in [0.4, 0.5) is 4.39 Å². The third-order valence-corrected chi connectivity index (χ3v) is 3.45. The van der Waals surface area contributed by atoms with Gasteiger partial charge in [-0.1, -0.05) is 55.8 Å². The minimum Gasteiger partial charge on any atom is -0.321 e. The van der Waals surface area contributed by atoms with Crippen molar-refractivity contribution in [3.8, 4) is 0 Å². The fourth-order valence-electron chi connectivity index (χ4n) is 2.56. The third-order valence-electron chi connectivity index (χ3n) is 3.45. The van der Waals surface area contributed by atoms with E-state index >= 15 is 0 Å². The van der Waals surface area contributed by atoms with E-state index in [4.69, 9.17) is 5.73 Å². The van der Waals surface area contributed by atoms with Crippen molar-refractivity contribution < 1.29 is 4.39 Å². The number of benzene rings is 2. The van der Waals surface area contributed by atoms with Gasteiger partial charge in [-0.3, -0.25) is 0 Å². The molecule has 0 aromatic heterocycles. The van der Waals surface area contributed by atoms with Crippen LogP contribution in [0.2, 0.25) is 0 Å². The Labute approximate surface area is 114 Å². The van der Waals surface area contributed by atoms with Gasteiger partial charge < -0.3 is 5.73 Å². The van der Waals surface area contributed by atoms with Crippen molar-refractivity contribution in [1.29, 1.82) is 0 Å². The van der Waals surface area contributed by atoms with Gasteiger partial charge in [-0.05, 0) is 36.1 Å². The van der Waals surface area contributed by atoms with Crippen molar-refractivity contribution in [3.05, 3.63) is 71.5 Å². The van der Waals surface area contributed by atoms with E-state index in [2.05, 4.69) is 19.1 Å². The van der Waals surface area contributed by atoms with E-state index in [1.54, 1.807) is 12.1 Å². The van der Waals surface area contributed by atoms with Gasteiger partial charge in [0.25, 0.3) is 0 Å². The largest absolute Gasteiger partial charge is 0.321 e. The van der Waals surface area contributed by atoms with Gasteiger partial charge in [0.05, 0.1) is 0 Å². The van der Waals surface area contributed by atoms with E-state index in [9.17, 15) is 4.39 Å². The Morgan fingerprint density at radius 1 is 1.05 bits per heavy atom. The standard InChI is InChI=1S/C17H20FN/c1-2-11-17(19,15-8-4-3-5-9-15)13-14-7-6-10-16(18)12-14/h3-10,12H,2,11,13,19H2,1H3. The van der Waals surface area contributed by atoms with Crippen LogP contribution < -0.4 is 5.73 Å². The summed E-state index contributed by atoms with van der Waals surface area (Å²) in [6, 6.07) is 16.8. The Morgan fingerprint density at radius 2 is 1.79 bits per heavy atom. The Balaban J connectivity index is 2.30. The predicted molar refractivity (Wildman–Crippen MR) is 77.3 cm³/mol. The summed E-state index contributed by atoms with van der Waals surface area (Å²) in [7, 11) is 0. The van der Waals surface area contributed by atoms with Crippen LogP contribution in [0.3, 0.4) is 0 Å². The Bertz CT molecular complexity index is 524. The van der Waals surface area contributed by atoms with Crippen molar-refractivity contribution in [3.63, 3.8) is 0 Å². The van der Waals surface area contributed by atoms with Crippen LogP contribution in [-0.2, 0) is 12.0 Å². The highest BCUT2D eigenvalue weighted by Gasteiger charge is 2.26. The molecule has 19 heavy (non-hydrogen) atoms. The first-order valence-electron chi connectivity index (χ1n) is 6.73. The molecule has 0 saturated carbocycles. The zero-order valence-corrected chi connectivity index (χ0v) is 11.3. The van der Waals surface area contributed by atoms with E-state index in [-0.39, 0.29) is 5.82 Å². The summed E-state index contributed by atoms with van der Waals surface area (Å²) in [6.45, 7) is 2.12. The monoisotopic (exact) mass is 257 g/mol. The van der Waals surface area contributed by atoms with Crippen LogP contribution in [0.5, 0.6) is 0 Å². The average Bonchev–Trinajstić information content (AvgIpc) is 2.40. The van der Waals surface area contributed by atoms with Gasteiger partial charge in [-0.2, -0.15) is 0 Å². The summed E-state index contributed by atoms with van der Waals surface area (Å²) in [5.41, 5.74) is 8.22. The minimum absolute atomic E-state index is 0.204. The molecule has 0 fully saturated rings. The topological polar surface area (TPSA) is 26.0 Å². The molecule has 100 valence electrons. The SMILES string of the molecule is CCCC(N)(Cc1cccc(F)c1)c1ccccc1. The molecule has 0 bridgehead atoms. The number of hydrogen-bond donors (Lipinski definition) is 1. The van der Waals surface area contributed by atoms with Gasteiger partial charge >= 0.3 is 0 Å². The first-order valence-corrected chi connectivity index (χ1v) is 6.73. The van der Waals surface area contributed by atoms with Crippen LogP contribution in [0, 0.1) is 5.82 Å². The highest BCUT2D eigenvalue weighted by molar-refractivity contribution is 5.28. The van der Waals surface area contributed by atoms with Crippen LogP contribution >= 0.6 is 0 Å². The fraction of sp³-hybridized carbons (Fsp3) is 0.294. The normalized spacial score (nSPS) is 14.1. The molecule has 1 nitrogen and oxygen atoms in total. The summed E-state index contributed by atoms with van der Waals surface area (Å²) >= 11 is 0. The molecular weight excluding hydrogens is 237 g/mol. The average molecular weight is 257 g/mol. The van der Waals surface area contributed by atoms with Gasteiger partial charge in [0.15, 0.2) is 0 Å². The van der Waals surface area contributed by atoms with Crippen LogP contribution in [0.1, 0.15) is 30.9 Å². The Hall–Kier alpha value is -1.67. The molecule has 0 aliphatic rings. The second kappa shape index (κ2) is 5.98. The lowest BCUT2D eigenvalue weighted by atomic mass is 9.81. The molecule has 0 aliphatic carbocycles. The molecule has 2 aromatic carbocycles. The molecule has 1 atom stereocenters. The maximum Gasteiger partial charge on any atom is 0.123 e. The second-order valence-corrected chi connectivity index (χ2v) is 5.08. The molecule has 2 rings (SSSR count). The van der Waals surface area contributed by atoms with E-state index < -0.39 is 5.54 Å². The molecule has 2 heteroatoms. The fourth-order valence-corrected chi connectivity index (χ4v) is 2.56.